The van der Waals surface area contributed by atoms with Gasteiger partial charge in [0.1, 0.15) is 0 Å². The molecule has 0 aromatic carbocycles. The van der Waals surface area contributed by atoms with Crippen LogP contribution in [0.1, 0.15) is 6.42 Å². The Morgan fingerprint density at radius 2 is 1.92 bits per heavy atom. The van der Waals surface area contributed by atoms with Crippen molar-refractivity contribution in [2.75, 3.05) is 18.6 Å². The zero-order valence-electron chi connectivity index (χ0n) is 7.36. The fourth-order valence-corrected chi connectivity index (χ4v) is 2.28. The van der Waals surface area contributed by atoms with E-state index in [4.69, 9.17) is 0 Å². The summed E-state index contributed by atoms with van der Waals surface area (Å²) in [4.78, 5) is 23.4. The van der Waals surface area contributed by atoms with Crippen LogP contribution in [0.5, 0.6) is 0 Å². The van der Waals surface area contributed by atoms with Crippen LogP contribution in [-0.2, 0) is 9.59 Å². The Kier molecular flexibility index (Phi) is 4.38. The first-order valence-electron chi connectivity index (χ1n) is 3.95. The number of nitrogens with zero attached hydrogens (tertiary/aromatic N) is 1. The molecule has 0 aromatic rings. The van der Waals surface area contributed by atoms with E-state index in [1.165, 1.54) is 17.1 Å². The van der Waals surface area contributed by atoms with E-state index in [9.17, 15) is 9.59 Å². The van der Waals surface area contributed by atoms with Crippen LogP contribution in [0.15, 0.2) is 12.2 Å². The van der Waals surface area contributed by atoms with Crippen LogP contribution in [0.4, 0.5) is 0 Å². The van der Waals surface area contributed by atoms with Crippen molar-refractivity contribution in [3.8, 4) is 0 Å². The highest BCUT2D eigenvalue weighted by Crippen LogP contribution is 2.17. The highest BCUT2D eigenvalue weighted by atomic mass is 33.1. The van der Waals surface area contributed by atoms with E-state index in [0.29, 0.717) is 6.54 Å². The minimum absolute atomic E-state index is 0.181. The molecule has 13 heavy (non-hydrogen) atoms. The van der Waals surface area contributed by atoms with Crippen LogP contribution in [0.25, 0.3) is 0 Å². The molecule has 0 N–H and O–H groups in total. The maximum Gasteiger partial charge on any atom is 0.253 e. The van der Waals surface area contributed by atoms with Gasteiger partial charge >= 0.3 is 0 Å². The van der Waals surface area contributed by atoms with Gasteiger partial charge in [0.05, 0.1) is 0 Å². The minimum atomic E-state index is -0.181. The van der Waals surface area contributed by atoms with Crippen LogP contribution in [0, 0.1) is 0 Å². The predicted molar refractivity (Wildman–Crippen MR) is 56.5 cm³/mol. The quantitative estimate of drug-likeness (QED) is 0.395. The van der Waals surface area contributed by atoms with Gasteiger partial charge in [-0.05, 0) is 12.7 Å². The number of hydrogen-bond donors (Lipinski definition) is 0. The summed E-state index contributed by atoms with van der Waals surface area (Å²) in [6.07, 6.45) is 5.52. The van der Waals surface area contributed by atoms with Gasteiger partial charge in [0.25, 0.3) is 11.8 Å². The Labute approximate surface area is 85.3 Å². The molecule has 5 heteroatoms. The number of hydrogen-bond acceptors (Lipinski definition) is 4. The van der Waals surface area contributed by atoms with E-state index in [2.05, 4.69) is 0 Å². The van der Waals surface area contributed by atoms with Gasteiger partial charge in [-0.25, -0.2) is 0 Å². The van der Waals surface area contributed by atoms with Crippen molar-refractivity contribution in [2.24, 2.45) is 0 Å². The highest BCUT2D eigenvalue weighted by molar-refractivity contribution is 8.76. The first kappa shape index (κ1) is 10.7. The molecule has 0 aliphatic carbocycles. The summed E-state index contributed by atoms with van der Waals surface area (Å²) in [5, 5.41) is 0. The summed E-state index contributed by atoms with van der Waals surface area (Å²) < 4.78 is 0. The molecule has 0 aromatic heterocycles. The molecule has 0 bridgehead atoms. The summed E-state index contributed by atoms with van der Waals surface area (Å²) in [7, 11) is 3.44. The van der Waals surface area contributed by atoms with Crippen molar-refractivity contribution in [2.45, 2.75) is 6.42 Å². The monoisotopic (exact) mass is 217 g/mol. The third kappa shape index (κ3) is 3.08. The maximum absolute atomic E-state index is 11.1. The summed E-state index contributed by atoms with van der Waals surface area (Å²) >= 11 is 0. The van der Waals surface area contributed by atoms with Gasteiger partial charge in [-0.3, -0.25) is 14.5 Å². The average Bonchev–Trinajstić information content (AvgIpc) is 2.42. The molecule has 2 amide bonds. The summed E-state index contributed by atoms with van der Waals surface area (Å²) in [6, 6.07) is 0. The number of rotatable bonds is 5. The lowest BCUT2D eigenvalue weighted by Gasteiger charge is -2.12. The van der Waals surface area contributed by atoms with Crippen molar-refractivity contribution in [3.63, 3.8) is 0 Å². The Morgan fingerprint density at radius 3 is 2.46 bits per heavy atom. The highest BCUT2D eigenvalue weighted by Gasteiger charge is 2.21. The lowest BCUT2D eigenvalue weighted by molar-refractivity contribution is -0.136. The van der Waals surface area contributed by atoms with Gasteiger partial charge in [0.2, 0.25) is 0 Å². The fourth-order valence-electron chi connectivity index (χ4n) is 1.02. The Morgan fingerprint density at radius 1 is 1.31 bits per heavy atom. The molecule has 0 fully saturated rings. The molecule has 0 radical (unpaired) electrons. The number of carbonyl (C=O) groups excluding carboxylic acids is 2. The van der Waals surface area contributed by atoms with Crippen molar-refractivity contribution in [1.29, 1.82) is 0 Å². The number of imide groups is 1. The van der Waals surface area contributed by atoms with Crippen molar-refractivity contribution < 1.29 is 9.59 Å². The lowest BCUT2D eigenvalue weighted by Crippen LogP contribution is -2.31. The second kappa shape index (κ2) is 5.34. The van der Waals surface area contributed by atoms with Gasteiger partial charge in [0.15, 0.2) is 0 Å². The van der Waals surface area contributed by atoms with Crippen LogP contribution >= 0.6 is 21.6 Å². The van der Waals surface area contributed by atoms with Crippen LogP contribution in [0.2, 0.25) is 0 Å². The number of carbonyl (C=O) groups is 2. The second-order valence-electron chi connectivity index (χ2n) is 2.50. The molecule has 0 saturated heterocycles. The zero-order chi connectivity index (χ0) is 9.68. The van der Waals surface area contributed by atoms with Gasteiger partial charge in [0, 0.05) is 24.4 Å². The second-order valence-corrected chi connectivity index (χ2v) is 5.19. The molecular weight excluding hydrogens is 206 g/mol. The minimum Gasteiger partial charge on any atom is -0.275 e. The smallest absolute Gasteiger partial charge is 0.253 e. The van der Waals surface area contributed by atoms with Crippen molar-refractivity contribution in [1.82, 2.24) is 4.90 Å². The molecule has 1 heterocycles. The van der Waals surface area contributed by atoms with Crippen LogP contribution in [-0.4, -0.2) is 35.3 Å². The largest absolute Gasteiger partial charge is 0.275 e. The Bertz CT molecular complexity index is 222. The first-order chi connectivity index (χ1) is 6.25. The van der Waals surface area contributed by atoms with E-state index in [1.54, 1.807) is 21.6 Å². The molecule has 72 valence electrons. The number of amides is 2. The van der Waals surface area contributed by atoms with Crippen molar-refractivity contribution in [3.05, 3.63) is 12.2 Å². The standard InChI is InChI=1S/C8H11NO2S2/c1-12-13-6-2-5-9-7(10)3-4-8(9)11/h3-4H,2,5-6H2,1H3. The van der Waals surface area contributed by atoms with Gasteiger partial charge in [-0.2, -0.15) is 0 Å². The third-order valence-electron chi connectivity index (χ3n) is 1.63. The van der Waals surface area contributed by atoms with E-state index in [1.807, 2.05) is 6.26 Å². The van der Waals surface area contributed by atoms with E-state index >= 15 is 0 Å². The molecule has 1 aliphatic rings. The fraction of sp³-hybridized carbons (Fsp3) is 0.500. The zero-order valence-corrected chi connectivity index (χ0v) is 8.99. The predicted octanol–water partition coefficient (Wildman–Crippen LogP) is 1.31. The maximum atomic E-state index is 11.1. The van der Waals surface area contributed by atoms with E-state index < -0.39 is 0 Å². The molecular formula is C8H11NO2S2. The summed E-state index contributed by atoms with van der Waals surface area (Å²) in [5.74, 6) is 0.608. The third-order valence-corrected chi connectivity index (χ3v) is 3.53. The molecule has 3 nitrogen and oxygen atoms in total. The lowest BCUT2D eigenvalue weighted by atomic mass is 10.4. The first-order valence-corrected chi connectivity index (χ1v) is 6.67. The Balaban J connectivity index is 2.22. The molecule has 0 saturated carbocycles. The molecule has 1 aliphatic heterocycles. The Hall–Kier alpha value is -0.420. The van der Waals surface area contributed by atoms with E-state index in [0.717, 1.165) is 12.2 Å². The van der Waals surface area contributed by atoms with Crippen LogP contribution in [0.3, 0.4) is 0 Å². The van der Waals surface area contributed by atoms with Crippen LogP contribution < -0.4 is 0 Å². The van der Waals surface area contributed by atoms with Gasteiger partial charge < -0.3 is 0 Å². The van der Waals surface area contributed by atoms with Gasteiger partial charge in [-0.15, -0.1) is 0 Å². The SMILES string of the molecule is CSSCCCN1C(=O)C=CC1=O. The van der Waals surface area contributed by atoms with Crippen molar-refractivity contribution >= 4 is 33.4 Å². The molecule has 0 unspecified atom stereocenters. The normalized spacial score (nSPS) is 15.9. The summed E-state index contributed by atoms with van der Waals surface area (Å²) in [5.41, 5.74) is 0. The van der Waals surface area contributed by atoms with Gasteiger partial charge in [-0.1, -0.05) is 21.6 Å². The molecule has 0 spiro atoms. The summed E-state index contributed by atoms with van der Waals surface area (Å²) in [6.45, 7) is 0.540. The average molecular weight is 217 g/mol. The van der Waals surface area contributed by atoms with E-state index in [-0.39, 0.29) is 11.8 Å². The molecule has 0 atom stereocenters. The topological polar surface area (TPSA) is 37.4 Å². The molecule has 1 rings (SSSR count).